The first-order valence-corrected chi connectivity index (χ1v) is 5.85. The van der Waals surface area contributed by atoms with Gasteiger partial charge in [0, 0.05) is 18.1 Å². The molecule has 1 saturated carbocycles. The predicted molar refractivity (Wildman–Crippen MR) is 60.3 cm³/mol. The highest BCUT2D eigenvalue weighted by Crippen LogP contribution is 2.54. The van der Waals surface area contributed by atoms with Crippen molar-refractivity contribution in [3.63, 3.8) is 0 Å². The minimum absolute atomic E-state index is 0.122. The van der Waals surface area contributed by atoms with Crippen LogP contribution in [-0.2, 0) is 9.53 Å². The zero-order valence-corrected chi connectivity index (χ0v) is 9.45. The molecule has 0 aromatic heterocycles. The van der Waals surface area contributed by atoms with Gasteiger partial charge in [-0.25, -0.2) is 0 Å². The van der Waals surface area contributed by atoms with E-state index >= 15 is 0 Å². The average Bonchev–Trinajstić information content (AvgIpc) is 2.80. The van der Waals surface area contributed by atoms with Crippen molar-refractivity contribution in [1.82, 2.24) is 5.32 Å². The maximum absolute atomic E-state index is 10.8. The number of hydrogen-bond acceptors (Lipinski definition) is 3. The maximum Gasteiger partial charge on any atom is 0.320 e. The summed E-state index contributed by atoms with van der Waals surface area (Å²) >= 11 is 0. The van der Waals surface area contributed by atoms with E-state index in [0.717, 1.165) is 25.9 Å². The van der Waals surface area contributed by atoms with Crippen molar-refractivity contribution in [3.8, 4) is 0 Å². The molecule has 0 aromatic rings. The third-order valence-corrected chi connectivity index (χ3v) is 3.59. The van der Waals surface area contributed by atoms with E-state index in [4.69, 9.17) is 9.84 Å². The molecule has 0 spiro atoms. The van der Waals surface area contributed by atoms with Crippen molar-refractivity contribution in [3.05, 3.63) is 12.7 Å². The molecule has 3 atom stereocenters. The van der Waals surface area contributed by atoms with E-state index in [-0.39, 0.29) is 11.5 Å². The molecule has 0 radical (unpaired) electrons. The molecule has 1 aliphatic carbocycles. The van der Waals surface area contributed by atoms with Gasteiger partial charge in [-0.15, -0.1) is 6.58 Å². The summed E-state index contributed by atoms with van der Waals surface area (Å²) in [7, 11) is 0. The van der Waals surface area contributed by atoms with Gasteiger partial charge in [0.25, 0.3) is 0 Å². The summed E-state index contributed by atoms with van der Waals surface area (Å²) in [4.78, 5) is 10.8. The number of aliphatic carboxylic acids is 1. The van der Waals surface area contributed by atoms with Crippen molar-refractivity contribution in [2.45, 2.75) is 37.8 Å². The Morgan fingerprint density at radius 3 is 3.06 bits per heavy atom. The molecule has 4 nitrogen and oxygen atoms in total. The average molecular weight is 225 g/mol. The molecule has 0 bridgehead atoms. The second-order valence-corrected chi connectivity index (χ2v) is 4.86. The number of nitrogens with one attached hydrogen (secondary N) is 1. The van der Waals surface area contributed by atoms with E-state index in [9.17, 15) is 4.79 Å². The van der Waals surface area contributed by atoms with Crippen LogP contribution in [0.5, 0.6) is 0 Å². The van der Waals surface area contributed by atoms with E-state index in [1.807, 2.05) is 6.08 Å². The number of rotatable bonds is 7. The summed E-state index contributed by atoms with van der Waals surface area (Å²) in [5.41, 5.74) is 0.122. The van der Waals surface area contributed by atoms with Gasteiger partial charge < -0.3 is 15.2 Å². The van der Waals surface area contributed by atoms with Crippen LogP contribution in [0.2, 0.25) is 0 Å². The molecule has 1 aliphatic heterocycles. The lowest BCUT2D eigenvalue weighted by atomic mass is 10.0. The van der Waals surface area contributed by atoms with Crippen LogP contribution >= 0.6 is 0 Å². The molecular formula is C12H19NO3. The van der Waals surface area contributed by atoms with Gasteiger partial charge >= 0.3 is 5.97 Å². The number of hydrogen-bond donors (Lipinski definition) is 2. The minimum atomic E-state index is -0.738. The fraction of sp³-hybridized carbons (Fsp3) is 0.750. The molecule has 4 heteroatoms. The van der Waals surface area contributed by atoms with Gasteiger partial charge in [-0.2, -0.15) is 0 Å². The van der Waals surface area contributed by atoms with E-state index in [1.54, 1.807) is 0 Å². The second kappa shape index (κ2) is 4.55. The Bertz CT molecular complexity index is 292. The van der Waals surface area contributed by atoms with Crippen LogP contribution in [0.3, 0.4) is 0 Å². The molecule has 0 amide bonds. The van der Waals surface area contributed by atoms with Crippen molar-refractivity contribution in [1.29, 1.82) is 0 Å². The van der Waals surface area contributed by atoms with Gasteiger partial charge in [0.1, 0.15) is 6.04 Å². The normalized spacial score (nSPS) is 35.8. The van der Waals surface area contributed by atoms with Crippen molar-refractivity contribution >= 4 is 5.97 Å². The number of carboxylic acid groups (broad SMARTS) is 1. The molecule has 90 valence electrons. The van der Waals surface area contributed by atoms with E-state index in [0.29, 0.717) is 19.1 Å². The molecule has 2 rings (SSSR count). The molecule has 16 heavy (non-hydrogen) atoms. The highest BCUT2D eigenvalue weighted by atomic mass is 16.5. The van der Waals surface area contributed by atoms with Crippen LogP contribution in [0, 0.1) is 5.41 Å². The molecule has 2 N–H and O–H groups in total. The summed E-state index contributed by atoms with van der Waals surface area (Å²) in [6.07, 6.45) is 5.65. The number of unbranched alkanes of at least 4 members (excludes halogenated alkanes) is 1. The Hall–Kier alpha value is -0.870. The first-order valence-electron chi connectivity index (χ1n) is 5.85. The molecule has 1 saturated heterocycles. The van der Waals surface area contributed by atoms with Gasteiger partial charge in [0.15, 0.2) is 0 Å². The molecule has 0 unspecified atom stereocenters. The van der Waals surface area contributed by atoms with Crippen LogP contribution in [0.15, 0.2) is 12.7 Å². The standard InChI is InChI=1S/C12H19NO3/c1-2-3-4-5-16-8-12-6-9(11(14)15)13-10(12)7-12/h2,9-10,13H,1,3-8H2,(H,14,15)/t9-,10-,12+/m0/s1. The van der Waals surface area contributed by atoms with Crippen LogP contribution in [0.1, 0.15) is 25.7 Å². The van der Waals surface area contributed by atoms with Crippen LogP contribution in [0.4, 0.5) is 0 Å². The first kappa shape index (κ1) is 11.6. The lowest BCUT2D eigenvalue weighted by molar-refractivity contribution is -0.139. The van der Waals surface area contributed by atoms with E-state index in [1.165, 1.54) is 0 Å². The third kappa shape index (κ3) is 2.28. The fourth-order valence-electron chi connectivity index (χ4n) is 2.50. The van der Waals surface area contributed by atoms with Crippen molar-refractivity contribution < 1.29 is 14.6 Å². The number of ether oxygens (including phenoxy) is 1. The van der Waals surface area contributed by atoms with Crippen molar-refractivity contribution in [2.24, 2.45) is 5.41 Å². The topological polar surface area (TPSA) is 58.6 Å². The van der Waals surface area contributed by atoms with E-state index in [2.05, 4.69) is 11.9 Å². The smallest absolute Gasteiger partial charge is 0.320 e. The summed E-state index contributed by atoms with van der Waals surface area (Å²) in [6.45, 7) is 5.10. The van der Waals surface area contributed by atoms with Gasteiger partial charge in [0.2, 0.25) is 0 Å². The zero-order valence-electron chi connectivity index (χ0n) is 9.45. The zero-order chi connectivity index (χ0) is 11.6. The predicted octanol–water partition coefficient (Wildman–Crippen LogP) is 1.17. The van der Waals surface area contributed by atoms with E-state index < -0.39 is 5.97 Å². The Balaban J connectivity index is 1.67. The van der Waals surface area contributed by atoms with Gasteiger partial charge in [0.05, 0.1) is 6.61 Å². The number of piperidine rings is 1. The number of allylic oxidation sites excluding steroid dienone is 1. The summed E-state index contributed by atoms with van der Waals surface area (Å²) in [5.74, 6) is -0.738. The lowest BCUT2D eigenvalue weighted by Gasteiger charge is -2.13. The molecular weight excluding hydrogens is 206 g/mol. The van der Waals surface area contributed by atoms with Crippen LogP contribution < -0.4 is 5.32 Å². The summed E-state index contributed by atoms with van der Waals surface area (Å²) < 4.78 is 5.61. The third-order valence-electron chi connectivity index (χ3n) is 3.59. The number of carboxylic acids is 1. The maximum atomic E-state index is 10.8. The Labute approximate surface area is 95.7 Å². The van der Waals surface area contributed by atoms with Crippen LogP contribution in [0.25, 0.3) is 0 Å². The molecule has 2 aliphatic rings. The quantitative estimate of drug-likeness (QED) is 0.504. The highest BCUT2D eigenvalue weighted by molar-refractivity contribution is 5.74. The fourth-order valence-corrected chi connectivity index (χ4v) is 2.50. The molecule has 1 heterocycles. The summed E-state index contributed by atoms with van der Waals surface area (Å²) in [6, 6.07) is 0.00327. The molecule has 2 fully saturated rings. The van der Waals surface area contributed by atoms with Gasteiger partial charge in [-0.05, 0) is 25.7 Å². The number of fused-ring (bicyclic) bond motifs is 1. The SMILES string of the molecule is C=CCCCOC[C@]12C[C@@H](C(=O)O)N[C@H]1C2. The highest BCUT2D eigenvalue weighted by Gasteiger charge is 2.61. The Morgan fingerprint density at radius 1 is 1.62 bits per heavy atom. The first-order chi connectivity index (χ1) is 7.68. The summed E-state index contributed by atoms with van der Waals surface area (Å²) in [5, 5.41) is 12.0. The largest absolute Gasteiger partial charge is 0.480 e. The Morgan fingerprint density at radius 2 is 2.44 bits per heavy atom. The lowest BCUT2D eigenvalue weighted by Crippen LogP contribution is -2.33. The minimum Gasteiger partial charge on any atom is -0.480 e. The van der Waals surface area contributed by atoms with Gasteiger partial charge in [-0.1, -0.05) is 6.08 Å². The number of carbonyl (C=O) groups is 1. The monoisotopic (exact) mass is 225 g/mol. The second-order valence-electron chi connectivity index (χ2n) is 4.86. The van der Waals surface area contributed by atoms with Crippen LogP contribution in [-0.4, -0.2) is 36.4 Å². The molecule has 0 aromatic carbocycles. The van der Waals surface area contributed by atoms with Crippen molar-refractivity contribution in [2.75, 3.05) is 13.2 Å². The van der Waals surface area contributed by atoms with Gasteiger partial charge in [-0.3, -0.25) is 4.79 Å². The Kier molecular flexibility index (Phi) is 3.30.